The largest absolute Gasteiger partial charge is 0.310 e. The fourth-order valence-electron chi connectivity index (χ4n) is 1.60. The van der Waals surface area contributed by atoms with E-state index in [1.165, 1.54) is 0 Å². The maximum Gasteiger partial charge on any atom is 0.228 e. The van der Waals surface area contributed by atoms with Crippen molar-refractivity contribution < 1.29 is 4.79 Å². The number of benzene rings is 1. The van der Waals surface area contributed by atoms with Crippen LogP contribution in [0.2, 0.25) is 0 Å². The topological polar surface area (TPSA) is 20.3 Å². The van der Waals surface area contributed by atoms with E-state index in [0.717, 1.165) is 13.7 Å². The number of amides is 1. The predicted molar refractivity (Wildman–Crippen MR) is 73.5 cm³/mol. The van der Waals surface area contributed by atoms with Gasteiger partial charge in [-0.05, 0) is 40.8 Å². The molecule has 0 radical (unpaired) electrons. The molecule has 1 saturated heterocycles. The van der Waals surface area contributed by atoms with Gasteiger partial charge in [0.2, 0.25) is 5.91 Å². The summed E-state index contributed by atoms with van der Waals surface area (Å²) in [6.45, 7) is 0.609. The number of hydrogen-bond acceptors (Lipinski definition) is 1. The molecule has 1 atom stereocenters. The molecule has 0 bridgehead atoms. The molecule has 1 aromatic rings. The highest BCUT2D eigenvalue weighted by Crippen LogP contribution is 2.30. The van der Waals surface area contributed by atoms with Crippen LogP contribution in [-0.4, -0.2) is 17.8 Å². The fraction of sp³-hybridized carbons (Fsp3) is 0.300. The lowest BCUT2D eigenvalue weighted by molar-refractivity contribution is -0.117. The Morgan fingerprint density at radius 2 is 2.27 bits per heavy atom. The Morgan fingerprint density at radius 1 is 1.53 bits per heavy atom. The van der Waals surface area contributed by atoms with Crippen LogP contribution in [0.4, 0.5) is 5.69 Å². The lowest BCUT2D eigenvalue weighted by Crippen LogP contribution is -2.25. The molecular formula is C10H8BrClINO. The average Bonchev–Trinajstić information content (AvgIpc) is 2.45. The molecule has 2 rings (SSSR count). The second-order valence-electron chi connectivity index (χ2n) is 3.40. The van der Waals surface area contributed by atoms with Crippen molar-refractivity contribution in [3.8, 4) is 0 Å². The normalized spacial score (nSPS) is 21.1. The minimum Gasteiger partial charge on any atom is -0.310 e. The van der Waals surface area contributed by atoms with Gasteiger partial charge in [0.1, 0.15) is 0 Å². The highest BCUT2D eigenvalue weighted by molar-refractivity contribution is 14.1. The number of carbonyl (C=O) groups excluding carboxylic acids is 1. The smallest absolute Gasteiger partial charge is 0.228 e. The molecule has 0 saturated carbocycles. The first-order chi connectivity index (χ1) is 7.08. The number of carbonyl (C=O) groups is 1. The number of hydrogen-bond donors (Lipinski definition) is 0. The summed E-state index contributed by atoms with van der Waals surface area (Å²) < 4.78 is 2.07. The van der Waals surface area contributed by atoms with Gasteiger partial charge < -0.3 is 4.90 Å². The summed E-state index contributed by atoms with van der Waals surface area (Å²) in [5.41, 5.74) is 0.951. The van der Waals surface area contributed by atoms with E-state index < -0.39 is 0 Å². The van der Waals surface area contributed by atoms with Crippen molar-refractivity contribution in [1.29, 1.82) is 0 Å². The lowest BCUT2D eigenvalue weighted by atomic mass is 10.3. The summed E-state index contributed by atoms with van der Waals surface area (Å²) >= 11 is 11.6. The Balaban J connectivity index is 2.34. The molecule has 1 aliphatic heterocycles. The molecule has 80 valence electrons. The summed E-state index contributed by atoms with van der Waals surface area (Å²) in [6, 6.07) is 5.87. The molecule has 1 aromatic carbocycles. The summed E-state index contributed by atoms with van der Waals surface area (Å²) in [5.74, 6) is 0.107. The van der Waals surface area contributed by atoms with Crippen molar-refractivity contribution >= 4 is 61.7 Å². The first-order valence-electron chi connectivity index (χ1n) is 4.47. The van der Waals surface area contributed by atoms with E-state index in [2.05, 4.69) is 38.5 Å². The molecule has 0 aromatic heterocycles. The Kier molecular flexibility index (Phi) is 3.57. The van der Waals surface area contributed by atoms with Crippen LogP contribution in [-0.2, 0) is 4.79 Å². The third kappa shape index (κ3) is 2.47. The third-order valence-corrected chi connectivity index (χ3v) is 3.93. The molecule has 1 aliphatic rings. The zero-order valence-corrected chi connectivity index (χ0v) is 12.2. The van der Waals surface area contributed by atoms with Crippen LogP contribution in [0.25, 0.3) is 0 Å². The predicted octanol–water partition coefficient (Wildman–Crippen LogP) is 3.40. The van der Waals surface area contributed by atoms with Crippen LogP contribution in [0.3, 0.4) is 0 Å². The quantitative estimate of drug-likeness (QED) is 0.523. The monoisotopic (exact) mass is 399 g/mol. The van der Waals surface area contributed by atoms with Gasteiger partial charge in [0.15, 0.2) is 0 Å². The van der Waals surface area contributed by atoms with Crippen LogP contribution in [0, 0.1) is 3.57 Å². The first kappa shape index (κ1) is 11.7. The van der Waals surface area contributed by atoms with Crippen molar-refractivity contribution in [2.45, 2.75) is 11.8 Å². The Hall–Kier alpha value is 0.190. The Morgan fingerprint density at radius 3 is 2.80 bits per heavy atom. The molecule has 1 unspecified atom stereocenters. The zero-order valence-electron chi connectivity index (χ0n) is 7.71. The van der Waals surface area contributed by atoms with E-state index in [-0.39, 0.29) is 11.3 Å². The fourth-order valence-corrected chi connectivity index (χ4v) is 3.46. The standard InChI is InChI=1S/C10H8BrClINO/c11-6-1-2-9(8(13)3-6)14-5-7(12)4-10(14)15/h1-3,7H,4-5H2. The van der Waals surface area contributed by atoms with E-state index in [4.69, 9.17) is 11.6 Å². The van der Waals surface area contributed by atoms with Crippen LogP contribution in [0.1, 0.15) is 6.42 Å². The van der Waals surface area contributed by atoms with E-state index in [1.54, 1.807) is 4.90 Å². The maximum absolute atomic E-state index is 11.6. The minimum absolute atomic E-state index is 0.0584. The summed E-state index contributed by atoms with van der Waals surface area (Å²) in [6.07, 6.45) is 0.438. The van der Waals surface area contributed by atoms with Crippen molar-refractivity contribution in [2.24, 2.45) is 0 Å². The van der Waals surface area contributed by atoms with Gasteiger partial charge in [0.25, 0.3) is 0 Å². The molecule has 1 amide bonds. The van der Waals surface area contributed by atoms with E-state index in [1.807, 2.05) is 18.2 Å². The van der Waals surface area contributed by atoms with Crippen LogP contribution < -0.4 is 4.90 Å². The number of anilines is 1. The van der Waals surface area contributed by atoms with Gasteiger partial charge in [-0.2, -0.15) is 0 Å². The second kappa shape index (κ2) is 4.59. The molecule has 1 fully saturated rings. The molecular weight excluding hydrogens is 392 g/mol. The molecule has 2 nitrogen and oxygen atoms in total. The molecule has 15 heavy (non-hydrogen) atoms. The number of rotatable bonds is 1. The van der Waals surface area contributed by atoms with Crippen molar-refractivity contribution in [3.05, 3.63) is 26.2 Å². The summed E-state index contributed by atoms with van der Waals surface area (Å²) in [5, 5.41) is -0.0584. The van der Waals surface area contributed by atoms with Crippen molar-refractivity contribution in [3.63, 3.8) is 0 Å². The summed E-state index contributed by atoms with van der Waals surface area (Å²) in [7, 11) is 0. The van der Waals surface area contributed by atoms with Gasteiger partial charge >= 0.3 is 0 Å². The first-order valence-corrected chi connectivity index (χ1v) is 6.78. The van der Waals surface area contributed by atoms with E-state index in [9.17, 15) is 4.79 Å². The van der Waals surface area contributed by atoms with E-state index >= 15 is 0 Å². The van der Waals surface area contributed by atoms with Gasteiger partial charge in [-0.1, -0.05) is 15.9 Å². The Bertz CT molecular complexity index is 412. The number of nitrogens with zero attached hydrogens (tertiary/aromatic N) is 1. The van der Waals surface area contributed by atoms with E-state index in [0.29, 0.717) is 13.0 Å². The van der Waals surface area contributed by atoms with Gasteiger partial charge in [-0.3, -0.25) is 4.79 Å². The highest BCUT2D eigenvalue weighted by Gasteiger charge is 2.30. The number of alkyl halides is 1. The second-order valence-corrected chi connectivity index (χ2v) is 6.10. The molecule has 5 heteroatoms. The van der Waals surface area contributed by atoms with Gasteiger partial charge in [-0.25, -0.2) is 0 Å². The third-order valence-electron chi connectivity index (χ3n) is 2.28. The molecule has 0 N–H and O–H groups in total. The maximum atomic E-state index is 11.6. The van der Waals surface area contributed by atoms with Gasteiger partial charge in [-0.15, -0.1) is 11.6 Å². The zero-order chi connectivity index (χ0) is 11.0. The van der Waals surface area contributed by atoms with Crippen LogP contribution in [0.15, 0.2) is 22.7 Å². The lowest BCUT2D eigenvalue weighted by Gasteiger charge is -2.17. The minimum atomic E-state index is -0.0584. The van der Waals surface area contributed by atoms with Crippen LogP contribution >= 0.6 is 50.1 Å². The number of halogens is 3. The van der Waals surface area contributed by atoms with Gasteiger partial charge in [0.05, 0.1) is 11.1 Å². The Labute approximate surface area is 115 Å². The highest BCUT2D eigenvalue weighted by atomic mass is 127. The van der Waals surface area contributed by atoms with Crippen LogP contribution in [0.5, 0.6) is 0 Å². The van der Waals surface area contributed by atoms with Crippen molar-refractivity contribution in [1.82, 2.24) is 0 Å². The summed E-state index contributed by atoms with van der Waals surface area (Å²) in [4.78, 5) is 13.4. The molecule has 1 heterocycles. The molecule has 0 spiro atoms. The average molecular weight is 400 g/mol. The van der Waals surface area contributed by atoms with Gasteiger partial charge in [0, 0.05) is 21.0 Å². The van der Waals surface area contributed by atoms with Crippen molar-refractivity contribution in [2.75, 3.05) is 11.4 Å². The SMILES string of the molecule is O=C1CC(Cl)CN1c1ccc(Br)cc1I. The molecule has 0 aliphatic carbocycles.